The van der Waals surface area contributed by atoms with Gasteiger partial charge in [0.25, 0.3) is 5.91 Å². The molecule has 3 rings (SSSR count). The molecule has 7 heteroatoms. The smallest absolute Gasteiger partial charge is 0.348 e. The maximum atomic E-state index is 12.2. The third-order valence-electron chi connectivity index (χ3n) is 3.11. The van der Waals surface area contributed by atoms with Gasteiger partial charge in [0, 0.05) is 18.1 Å². The van der Waals surface area contributed by atoms with E-state index >= 15 is 0 Å². The topological polar surface area (TPSA) is 73.2 Å². The Bertz CT molecular complexity index is 823. The van der Waals surface area contributed by atoms with Gasteiger partial charge in [-0.1, -0.05) is 0 Å². The summed E-state index contributed by atoms with van der Waals surface area (Å²) in [5.74, 6) is -0.713. The number of methoxy groups -OCH3 is 1. The lowest BCUT2D eigenvalue weighted by atomic mass is 10.2. The first-order valence-corrected chi connectivity index (χ1v) is 7.58. The van der Waals surface area contributed by atoms with Crippen LogP contribution in [0.25, 0.3) is 5.69 Å². The van der Waals surface area contributed by atoms with E-state index in [2.05, 4.69) is 15.2 Å². The monoisotopic (exact) mass is 327 g/mol. The Kier molecular flexibility index (Phi) is 4.20. The third-order valence-corrected chi connectivity index (χ3v) is 4.17. The van der Waals surface area contributed by atoms with E-state index in [1.807, 2.05) is 24.4 Å². The zero-order valence-corrected chi connectivity index (χ0v) is 13.0. The van der Waals surface area contributed by atoms with Crippen LogP contribution in [0.2, 0.25) is 0 Å². The predicted molar refractivity (Wildman–Crippen MR) is 87.2 cm³/mol. The molecular weight excluding hydrogens is 314 g/mol. The van der Waals surface area contributed by atoms with E-state index in [0.717, 1.165) is 17.0 Å². The number of carbonyl (C=O) groups excluding carboxylic acids is 2. The second-order valence-corrected chi connectivity index (χ2v) is 5.69. The highest BCUT2D eigenvalue weighted by Gasteiger charge is 2.14. The maximum absolute atomic E-state index is 12.2. The molecule has 0 unspecified atom stereocenters. The zero-order valence-electron chi connectivity index (χ0n) is 12.2. The number of hydrogen-bond acceptors (Lipinski definition) is 5. The first-order chi connectivity index (χ1) is 11.2. The van der Waals surface area contributed by atoms with Crippen molar-refractivity contribution < 1.29 is 14.3 Å². The number of carbonyl (C=O) groups is 2. The van der Waals surface area contributed by atoms with Crippen LogP contribution in [0.1, 0.15) is 19.3 Å². The van der Waals surface area contributed by atoms with E-state index in [0.29, 0.717) is 15.4 Å². The van der Waals surface area contributed by atoms with Crippen LogP contribution in [0.4, 0.5) is 5.69 Å². The summed E-state index contributed by atoms with van der Waals surface area (Å²) in [7, 11) is 1.31. The largest absolute Gasteiger partial charge is 0.465 e. The number of esters is 1. The van der Waals surface area contributed by atoms with Gasteiger partial charge in [-0.2, -0.15) is 5.10 Å². The quantitative estimate of drug-likeness (QED) is 0.748. The highest BCUT2D eigenvalue weighted by molar-refractivity contribution is 7.16. The number of benzene rings is 1. The number of nitrogens with one attached hydrogen (secondary N) is 1. The van der Waals surface area contributed by atoms with E-state index in [-0.39, 0.29) is 5.91 Å². The molecule has 116 valence electrons. The molecule has 0 atom stereocenters. The number of nitrogens with zero attached hydrogens (tertiary/aromatic N) is 2. The summed E-state index contributed by atoms with van der Waals surface area (Å²) in [6.07, 6.45) is 3.54. The Morgan fingerprint density at radius 3 is 2.52 bits per heavy atom. The summed E-state index contributed by atoms with van der Waals surface area (Å²) < 4.78 is 6.36. The molecule has 0 spiro atoms. The molecule has 2 heterocycles. The number of anilines is 1. The fraction of sp³-hybridized carbons (Fsp3) is 0.0625. The summed E-state index contributed by atoms with van der Waals surface area (Å²) in [6, 6.07) is 12.3. The summed E-state index contributed by atoms with van der Waals surface area (Å²) in [5.41, 5.74) is 1.57. The first-order valence-electron chi connectivity index (χ1n) is 6.77. The summed E-state index contributed by atoms with van der Waals surface area (Å²) in [6.45, 7) is 0. The molecule has 0 saturated carbocycles. The minimum absolute atomic E-state index is 0.267. The van der Waals surface area contributed by atoms with Gasteiger partial charge in [0.2, 0.25) is 0 Å². The molecular formula is C16H13N3O3S. The van der Waals surface area contributed by atoms with Gasteiger partial charge in [-0.3, -0.25) is 4.79 Å². The average molecular weight is 327 g/mol. The lowest BCUT2D eigenvalue weighted by Gasteiger charge is -2.05. The van der Waals surface area contributed by atoms with Crippen molar-refractivity contribution in [3.05, 3.63) is 64.6 Å². The number of thiophene rings is 1. The predicted octanol–water partition coefficient (Wildman–Crippen LogP) is 2.97. The van der Waals surface area contributed by atoms with Crippen molar-refractivity contribution in [1.82, 2.24) is 9.78 Å². The van der Waals surface area contributed by atoms with Crippen LogP contribution in [-0.4, -0.2) is 28.8 Å². The van der Waals surface area contributed by atoms with Crippen molar-refractivity contribution in [2.24, 2.45) is 0 Å². The van der Waals surface area contributed by atoms with Gasteiger partial charge >= 0.3 is 5.97 Å². The van der Waals surface area contributed by atoms with Crippen LogP contribution >= 0.6 is 11.3 Å². The van der Waals surface area contributed by atoms with Crippen LogP contribution in [0.3, 0.4) is 0 Å². The normalized spacial score (nSPS) is 10.3. The van der Waals surface area contributed by atoms with Crippen molar-refractivity contribution in [1.29, 1.82) is 0 Å². The number of aromatic nitrogens is 2. The van der Waals surface area contributed by atoms with Crippen molar-refractivity contribution in [3.63, 3.8) is 0 Å². The lowest BCUT2D eigenvalue weighted by molar-refractivity contribution is 0.0606. The van der Waals surface area contributed by atoms with Crippen molar-refractivity contribution in [2.75, 3.05) is 12.4 Å². The van der Waals surface area contributed by atoms with Gasteiger partial charge in [-0.15, -0.1) is 11.3 Å². The Morgan fingerprint density at radius 1 is 1.13 bits per heavy atom. The standard InChI is InChI=1S/C16H13N3O3S/c1-22-16(21)14-8-7-13(23-14)15(20)18-11-3-5-12(6-4-11)19-10-2-9-17-19/h2-10H,1H3,(H,18,20). The van der Waals surface area contributed by atoms with Crippen LogP contribution in [0, 0.1) is 0 Å². The Morgan fingerprint density at radius 2 is 1.87 bits per heavy atom. The summed E-state index contributed by atoms with van der Waals surface area (Å²) in [5, 5.41) is 6.93. The number of rotatable bonds is 4. The fourth-order valence-corrected chi connectivity index (χ4v) is 2.80. The minimum atomic E-state index is -0.447. The van der Waals surface area contributed by atoms with E-state index < -0.39 is 5.97 Å². The van der Waals surface area contributed by atoms with E-state index in [4.69, 9.17) is 0 Å². The number of amides is 1. The number of hydrogen-bond donors (Lipinski definition) is 1. The highest BCUT2D eigenvalue weighted by Crippen LogP contribution is 2.19. The fourth-order valence-electron chi connectivity index (χ4n) is 1.98. The first kappa shape index (κ1) is 15.0. The molecule has 2 aromatic heterocycles. The second kappa shape index (κ2) is 6.45. The Balaban J connectivity index is 1.70. The van der Waals surface area contributed by atoms with Gasteiger partial charge in [0.15, 0.2) is 0 Å². The maximum Gasteiger partial charge on any atom is 0.348 e. The molecule has 0 radical (unpaired) electrons. The average Bonchev–Trinajstić information content (AvgIpc) is 3.26. The van der Waals surface area contributed by atoms with Crippen LogP contribution in [0.15, 0.2) is 54.9 Å². The van der Waals surface area contributed by atoms with Gasteiger partial charge in [-0.05, 0) is 42.5 Å². The van der Waals surface area contributed by atoms with E-state index in [1.54, 1.807) is 35.1 Å². The van der Waals surface area contributed by atoms with E-state index in [9.17, 15) is 9.59 Å². The number of ether oxygens (including phenoxy) is 1. The summed E-state index contributed by atoms with van der Waals surface area (Å²) >= 11 is 1.09. The van der Waals surface area contributed by atoms with Gasteiger partial charge < -0.3 is 10.1 Å². The molecule has 1 amide bonds. The van der Waals surface area contributed by atoms with Crippen LogP contribution < -0.4 is 5.32 Å². The molecule has 3 aromatic rings. The van der Waals surface area contributed by atoms with Crippen LogP contribution in [0.5, 0.6) is 0 Å². The second-order valence-electron chi connectivity index (χ2n) is 4.61. The van der Waals surface area contributed by atoms with Crippen molar-refractivity contribution in [2.45, 2.75) is 0 Å². The lowest BCUT2D eigenvalue weighted by Crippen LogP contribution is -2.10. The van der Waals surface area contributed by atoms with Crippen LogP contribution in [-0.2, 0) is 4.74 Å². The molecule has 23 heavy (non-hydrogen) atoms. The van der Waals surface area contributed by atoms with Gasteiger partial charge in [-0.25, -0.2) is 9.48 Å². The van der Waals surface area contributed by atoms with Gasteiger partial charge in [0.05, 0.1) is 17.7 Å². The molecule has 0 bridgehead atoms. The van der Waals surface area contributed by atoms with Gasteiger partial charge in [0.1, 0.15) is 4.88 Å². The molecule has 0 saturated heterocycles. The molecule has 0 aliphatic carbocycles. The third kappa shape index (κ3) is 3.29. The minimum Gasteiger partial charge on any atom is -0.465 e. The highest BCUT2D eigenvalue weighted by atomic mass is 32.1. The van der Waals surface area contributed by atoms with E-state index in [1.165, 1.54) is 7.11 Å². The molecule has 1 aromatic carbocycles. The Hall–Kier alpha value is -2.93. The molecule has 1 N–H and O–H groups in total. The Labute approximate surface area is 136 Å². The zero-order chi connectivity index (χ0) is 16.2. The molecule has 0 aliphatic rings. The molecule has 0 aliphatic heterocycles. The van der Waals surface area contributed by atoms with Crippen molar-refractivity contribution in [3.8, 4) is 5.69 Å². The molecule has 0 fully saturated rings. The molecule has 6 nitrogen and oxygen atoms in total. The van der Waals surface area contributed by atoms with Crippen molar-refractivity contribution >= 4 is 28.9 Å². The summed E-state index contributed by atoms with van der Waals surface area (Å²) in [4.78, 5) is 24.4. The SMILES string of the molecule is COC(=O)c1ccc(C(=O)Nc2ccc(-n3cccn3)cc2)s1.